The Morgan fingerprint density at radius 3 is 2.68 bits per heavy atom. The van der Waals surface area contributed by atoms with Crippen molar-refractivity contribution in [1.82, 2.24) is 0 Å². The maximum Gasteiger partial charge on any atom is 0.340 e. The molecule has 164 valence electrons. The highest BCUT2D eigenvalue weighted by molar-refractivity contribution is 9.10. The molecule has 1 aliphatic rings. The number of esters is 1. The number of hydrogen-bond donors (Lipinski definition) is 1. The normalized spacial score (nSPS) is 13.8. The van der Waals surface area contributed by atoms with Crippen LogP contribution in [0.5, 0.6) is 5.75 Å². The second kappa shape index (κ2) is 11.0. The lowest BCUT2D eigenvalue weighted by Crippen LogP contribution is -2.37. The number of carbonyl (C=O) groups is 2. The Bertz CT molecular complexity index is 970. The quantitative estimate of drug-likeness (QED) is 0.466. The van der Waals surface area contributed by atoms with Crippen molar-refractivity contribution in [3.63, 3.8) is 0 Å². The smallest absolute Gasteiger partial charge is 0.340 e. The van der Waals surface area contributed by atoms with Gasteiger partial charge in [-0.05, 0) is 49.4 Å². The van der Waals surface area contributed by atoms with Crippen LogP contribution in [0.1, 0.15) is 22.8 Å². The molecule has 3 rings (SSSR count). The van der Waals surface area contributed by atoms with Gasteiger partial charge < -0.3 is 24.4 Å². The van der Waals surface area contributed by atoms with E-state index in [9.17, 15) is 9.59 Å². The van der Waals surface area contributed by atoms with E-state index in [-0.39, 0.29) is 12.5 Å². The summed E-state index contributed by atoms with van der Waals surface area (Å²) in [6.45, 7) is 4.62. The molecule has 0 bridgehead atoms. The van der Waals surface area contributed by atoms with Gasteiger partial charge in [0.1, 0.15) is 5.75 Å². The number of benzene rings is 2. The third kappa shape index (κ3) is 6.08. The topological polar surface area (TPSA) is 77.1 Å². The maximum atomic E-state index is 12.5. The largest absolute Gasteiger partial charge is 0.496 e. The Kier molecular flexibility index (Phi) is 8.08. The number of anilines is 2. The fourth-order valence-corrected chi connectivity index (χ4v) is 3.63. The van der Waals surface area contributed by atoms with Gasteiger partial charge in [0.15, 0.2) is 0 Å². The molecule has 1 aliphatic heterocycles. The van der Waals surface area contributed by atoms with E-state index in [4.69, 9.17) is 14.2 Å². The van der Waals surface area contributed by atoms with Crippen molar-refractivity contribution in [2.75, 3.05) is 50.2 Å². The van der Waals surface area contributed by atoms with E-state index in [1.54, 1.807) is 32.2 Å². The number of ether oxygens (including phenoxy) is 3. The number of amides is 1. The first-order valence-electron chi connectivity index (χ1n) is 9.98. The summed E-state index contributed by atoms with van der Waals surface area (Å²) in [6, 6.07) is 10.8. The average Bonchev–Trinajstić information content (AvgIpc) is 2.78. The van der Waals surface area contributed by atoms with Gasteiger partial charge in [-0.25, -0.2) is 4.79 Å². The summed E-state index contributed by atoms with van der Waals surface area (Å²) < 4.78 is 16.8. The molecule has 8 heteroatoms. The van der Waals surface area contributed by atoms with Gasteiger partial charge in [0.05, 0.1) is 38.2 Å². The lowest BCUT2D eigenvalue weighted by Gasteiger charge is -2.30. The predicted octanol–water partition coefficient (Wildman–Crippen LogP) is 4.12. The molecule has 2 aromatic carbocycles. The minimum atomic E-state index is -0.422. The van der Waals surface area contributed by atoms with Gasteiger partial charge in [0, 0.05) is 34.9 Å². The standard InChI is InChI=1S/C23H25BrN2O5/c1-3-31-23(28)19-15-18(6-7-20(19)26-10-12-30-13-11-26)25-22(27)9-4-16-14-17(24)5-8-21(16)29-2/h4-9,14-15H,3,10-13H2,1-2H3,(H,25,27)/b9-4+. The van der Waals surface area contributed by atoms with Crippen LogP contribution in [0, 0.1) is 0 Å². The Morgan fingerprint density at radius 2 is 1.97 bits per heavy atom. The molecule has 0 radical (unpaired) electrons. The van der Waals surface area contributed by atoms with Gasteiger partial charge >= 0.3 is 5.97 Å². The van der Waals surface area contributed by atoms with Gasteiger partial charge in [0.25, 0.3) is 0 Å². The number of hydrogen-bond acceptors (Lipinski definition) is 6. The lowest BCUT2D eigenvalue weighted by molar-refractivity contribution is -0.111. The highest BCUT2D eigenvalue weighted by Crippen LogP contribution is 2.27. The Morgan fingerprint density at radius 1 is 1.19 bits per heavy atom. The number of morpholine rings is 1. The van der Waals surface area contributed by atoms with Gasteiger partial charge in [-0.1, -0.05) is 15.9 Å². The molecular weight excluding hydrogens is 464 g/mol. The summed E-state index contributed by atoms with van der Waals surface area (Å²) in [7, 11) is 1.58. The summed E-state index contributed by atoms with van der Waals surface area (Å²) in [4.78, 5) is 27.1. The molecule has 1 amide bonds. The van der Waals surface area contributed by atoms with Crippen LogP contribution in [0.15, 0.2) is 46.9 Å². The summed E-state index contributed by atoms with van der Waals surface area (Å²) >= 11 is 3.41. The number of nitrogens with zero attached hydrogens (tertiary/aromatic N) is 1. The number of methoxy groups -OCH3 is 1. The van der Waals surface area contributed by atoms with Crippen LogP contribution in [-0.4, -0.2) is 51.9 Å². The van der Waals surface area contributed by atoms with Crippen LogP contribution in [-0.2, 0) is 14.3 Å². The van der Waals surface area contributed by atoms with E-state index in [1.807, 2.05) is 24.3 Å². The summed E-state index contributed by atoms with van der Waals surface area (Å²) in [5, 5.41) is 2.80. The third-order valence-electron chi connectivity index (χ3n) is 4.72. The van der Waals surface area contributed by atoms with Crippen molar-refractivity contribution in [2.24, 2.45) is 0 Å². The predicted molar refractivity (Wildman–Crippen MR) is 124 cm³/mol. The Hall–Kier alpha value is -2.84. The second-order valence-corrected chi connectivity index (χ2v) is 7.68. The second-order valence-electron chi connectivity index (χ2n) is 6.76. The van der Waals surface area contributed by atoms with Crippen molar-refractivity contribution in [1.29, 1.82) is 0 Å². The molecule has 0 saturated carbocycles. The summed E-state index contributed by atoms with van der Waals surface area (Å²) in [5.41, 5.74) is 2.46. The number of halogens is 1. The molecule has 0 atom stereocenters. The van der Waals surface area contributed by atoms with Gasteiger partial charge in [-0.15, -0.1) is 0 Å². The van der Waals surface area contributed by atoms with Crippen LogP contribution in [0.4, 0.5) is 11.4 Å². The van der Waals surface area contributed by atoms with Crippen LogP contribution in [0.2, 0.25) is 0 Å². The van der Waals surface area contributed by atoms with Gasteiger partial charge in [-0.3, -0.25) is 4.79 Å². The first kappa shape index (κ1) is 22.8. The molecule has 0 aromatic heterocycles. The molecule has 7 nitrogen and oxygen atoms in total. The molecule has 31 heavy (non-hydrogen) atoms. The van der Waals surface area contributed by atoms with Crippen molar-refractivity contribution < 1.29 is 23.8 Å². The molecule has 0 unspecified atom stereocenters. The maximum absolute atomic E-state index is 12.5. The first-order valence-corrected chi connectivity index (χ1v) is 10.8. The van der Waals surface area contributed by atoms with E-state index in [0.29, 0.717) is 43.3 Å². The summed E-state index contributed by atoms with van der Waals surface area (Å²) in [5.74, 6) is -0.0859. The van der Waals surface area contributed by atoms with Crippen molar-refractivity contribution in [3.8, 4) is 5.75 Å². The molecule has 1 fully saturated rings. The number of carbonyl (C=O) groups excluding carboxylic acids is 2. The fraction of sp³-hybridized carbons (Fsp3) is 0.304. The van der Waals surface area contributed by atoms with Gasteiger partial charge in [0.2, 0.25) is 5.91 Å². The van der Waals surface area contributed by atoms with E-state index in [1.165, 1.54) is 6.08 Å². The minimum Gasteiger partial charge on any atom is -0.496 e. The zero-order valence-corrected chi connectivity index (χ0v) is 19.1. The molecule has 2 aromatic rings. The van der Waals surface area contributed by atoms with Crippen LogP contribution in [0.3, 0.4) is 0 Å². The van der Waals surface area contributed by atoms with Crippen LogP contribution in [0.25, 0.3) is 6.08 Å². The van der Waals surface area contributed by atoms with E-state index in [0.717, 1.165) is 15.7 Å². The molecule has 1 N–H and O–H groups in total. The molecule has 0 aliphatic carbocycles. The SMILES string of the molecule is CCOC(=O)c1cc(NC(=O)/C=C/c2cc(Br)ccc2OC)ccc1N1CCOCC1. The van der Waals surface area contributed by atoms with Crippen LogP contribution < -0.4 is 15.0 Å². The van der Waals surface area contributed by atoms with E-state index in [2.05, 4.69) is 26.1 Å². The lowest BCUT2D eigenvalue weighted by atomic mass is 10.1. The number of nitrogens with one attached hydrogen (secondary N) is 1. The van der Waals surface area contributed by atoms with Gasteiger partial charge in [-0.2, -0.15) is 0 Å². The highest BCUT2D eigenvalue weighted by atomic mass is 79.9. The van der Waals surface area contributed by atoms with Crippen LogP contribution >= 0.6 is 15.9 Å². The van der Waals surface area contributed by atoms with Crippen molar-refractivity contribution in [3.05, 3.63) is 58.1 Å². The average molecular weight is 489 g/mol. The molecule has 1 heterocycles. The fourth-order valence-electron chi connectivity index (χ4n) is 3.25. The highest BCUT2D eigenvalue weighted by Gasteiger charge is 2.20. The van der Waals surface area contributed by atoms with Crippen molar-refractivity contribution >= 4 is 45.3 Å². The molecular formula is C23H25BrN2O5. The minimum absolute atomic E-state index is 0.273. The molecule has 1 saturated heterocycles. The monoisotopic (exact) mass is 488 g/mol. The van der Waals surface area contributed by atoms with E-state index >= 15 is 0 Å². The Labute approximate surface area is 190 Å². The summed E-state index contributed by atoms with van der Waals surface area (Å²) in [6.07, 6.45) is 3.09. The Balaban J connectivity index is 1.79. The zero-order chi connectivity index (χ0) is 22.2. The van der Waals surface area contributed by atoms with E-state index < -0.39 is 5.97 Å². The molecule has 0 spiro atoms. The van der Waals surface area contributed by atoms with Crippen molar-refractivity contribution in [2.45, 2.75) is 6.92 Å². The third-order valence-corrected chi connectivity index (χ3v) is 5.21. The number of rotatable bonds is 7. The first-order chi connectivity index (χ1) is 15.0. The zero-order valence-electron chi connectivity index (χ0n) is 17.5.